The first-order valence-corrected chi connectivity index (χ1v) is 8.01. The minimum absolute atomic E-state index is 0.269. The van der Waals surface area contributed by atoms with Crippen molar-refractivity contribution in [1.82, 2.24) is 5.32 Å². The zero-order chi connectivity index (χ0) is 14.9. The molecular weight excluding hydrogens is 264 g/mol. The molecule has 2 N–H and O–H groups in total. The molecule has 1 aliphatic rings. The third-order valence-electron chi connectivity index (χ3n) is 4.15. The Morgan fingerprint density at radius 3 is 2.62 bits per heavy atom. The van der Waals surface area contributed by atoms with Crippen LogP contribution in [0.25, 0.3) is 0 Å². The van der Waals surface area contributed by atoms with Crippen LogP contribution in [0.5, 0.6) is 0 Å². The average molecular weight is 292 g/mol. The van der Waals surface area contributed by atoms with Crippen LogP contribution in [0.2, 0.25) is 0 Å². The zero-order valence-electron chi connectivity index (χ0n) is 13.1. The van der Waals surface area contributed by atoms with Crippen LogP contribution >= 0.6 is 0 Å². The molecule has 0 saturated heterocycles. The molecule has 0 unspecified atom stereocenters. The Morgan fingerprint density at radius 2 is 2.05 bits per heavy atom. The highest BCUT2D eigenvalue weighted by Gasteiger charge is 2.24. The van der Waals surface area contributed by atoms with Crippen molar-refractivity contribution < 1.29 is 9.84 Å². The Kier molecular flexibility index (Phi) is 7.00. The maximum Gasteiger partial charge on any atom is 0.0587 e. The number of nitrogens with one attached hydrogen (secondary N) is 1. The Hall–Kier alpha value is -1.10. The smallest absolute Gasteiger partial charge is 0.0587 e. The van der Waals surface area contributed by atoms with E-state index in [2.05, 4.69) is 34.5 Å². The molecule has 4 nitrogen and oxygen atoms in total. The highest BCUT2D eigenvalue weighted by Crippen LogP contribution is 2.29. The van der Waals surface area contributed by atoms with E-state index in [4.69, 9.17) is 9.84 Å². The van der Waals surface area contributed by atoms with Crippen molar-refractivity contribution in [1.29, 1.82) is 0 Å². The van der Waals surface area contributed by atoms with Crippen molar-refractivity contribution in [2.45, 2.75) is 38.3 Å². The summed E-state index contributed by atoms with van der Waals surface area (Å²) in [5, 5.41) is 12.4. The monoisotopic (exact) mass is 292 g/mol. The lowest BCUT2D eigenvalue weighted by molar-refractivity contribution is 0.199. The molecule has 1 aromatic rings. The summed E-state index contributed by atoms with van der Waals surface area (Å²) in [6.45, 7) is 3.72. The van der Waals surface area contributed by atoms with Gasteiger partial charge in [0, 0.05) is 45.1 Å². The molecule has 0 bridgehead atoms. The highest BCUT2D eigenvalue weighted by atomic mass is 16.5. The van der Waals surface area contributed by atoms with E-state index in [-0.39, 0.29) is 6.61 Å². The number of benzene rings is 1. The number of aliphatic hydroxyl groups is 1. The first kappa shape index (κ1) is 16.3. The molecule has 0 spiro atoms. The largest absolute Gasteiger partial charge is 0.396 e. The number of hydrogen-bond acceptors (Lipinski definition) is 4. The number of rotatable bonds is 10. The minimum atomic E-state index is 0.269. The predicted octanol–water partition coefficient (Wildman–Crippen LogP) is 2.16. The van der Waals surface area contributed by atoms with Gasteiger partial charge in [-0.05, 0) is 43.4 Å². The van der Waals surface area contributed by atoms with E-state index in [1.54, 1.807) is 7.11 Å². The SMILES string of the molecule is COCCNCc1ccc(N(CCCO)C2CCC2)cc1. The Balaban J connectivity index is 1.88. The Bertz CT molecular complexity index is 390. The molecule has 1 aliphatic carbocycles. The molecule has 4 heteroatoms. The molecular formula is C17H28N2O2. The topological polar surface area (TPSA) is 44.7 Å². The first-order chi connectivity index (χ1) is 10.3. The molecule has 0 amide bonds. The summed E-state index contributed by atoms with van der Waals surface area (Å²) in [5.41, 5.74) is 2.58. The second-order valence-corrected chi connectivity index (χ2v) is 5.69. The highest BCUT2D eigenvalue weighted by molar-refractivity contribution is 5.49. The molecule has 21 heavy (non-hydrogen) atoms. The zero-order valence-corrected chi connectivity index (χ0v) is 13.1. The lowest BCUT2D eigenvalue weighted by atomic mass is 9.91. The van der Waals surface area contributed by atoms with Gasteiger partial charge in [-0.2, -0.15) is 0 Å². The normalized spacial score (nSPS) is 15.0. The molecule has 0 aromatic heterocycles. The van der Waals surface area contributed by atoms with Gasteiger partial charge in [0.1, 0.15) is 0 Å². The van der Waals surface area contributed by atoms with Crippen molar-refractivity contribution in [2.24, 2.45) is 0 Å². The van der Waals surface area contributed by atoms with Crippen molar-refractivity contribution in [3.05, 3.63) is 29.8 Å². The predicted molar refractivity (Wildman–Crippen MR) is 86.7 cm³/mol. The maximum absolute atomic E-state index is 9.07. The number of aliphatic hydroxyl groups excluding tert-OH is 1. The van der Waals surface area contributed by atoms with Crippen LogP contribution in [0, 0.1) is 0 Å². The number of methoxy groups -OCH3 is 1. The summed E-state index contributed by atoms with van der Waals surface area (Å²) in [6.07, 6.45) is 4.75. The van der Waals surface area contributed by atoms with Gasteiger partial charge in [-0.1, -0.05) is 12.1 Å². The van der Waals surface area contributed by atoms with E-state index in [1.807, 2.05) is 0 Å². The molecule has 0 aliphatic heterocycles. The molecule has 118 valence electrons. The summed E-state index contributed by atoms with van der Waals surface area (Å²) in [6, 6.07) is 9.48. The van der Waals surface area contributed by atoms with Gasteiger partial charge in [0.2, 0.25) is 0 Å². The summed E-state index contributed by atoms with van der Waals surface area (Å²) in [4.78, 5) is 2.46. The van der Waals surface area contributed by atoms with Gasteiger partial charge in [0.25, 0.3) is 0 Å². The van der Waals surface area contributed by atoms with Crippen molar-refractivity contribution >= 4 is 5.69 Å². The van der Waals surface area contributed by atoms with E-state index in [0.717, 1.165) is 32.7 Å². The van der Waals surface area contributed by atoms with Crippen LogP contribution in [0.4, 0.5) is 5.69 Å². The lowest BCUT2D eigenvalue weighted by Gasteiger charge is -2.39. The number of hydrogen-bond donors (Lipinski definition) is 2. The van der Waals surface area contributed by atoms with Crippen LogP contribution in [0.3, 0.4) is 0 Å². The first-order valence-electron chi connectivity index (χ1n) is 8.01. The number of nitrogens with zero attached hydrogens (tertiary/aromatic N) is 1. The maximum atomic E-state index is 9.07. The van der Waals surface area contributed by atoms with Gasteiger partial charge in [-0.15, -0.1) is 0 Å². The molecule has 0 heterocycles. The van der Waals surface area contributed by atoms with Crippen molar-refractivity contribution in [2.75, 3.05) is 38.3 Å². The second kappa shape index (κ2) is 9.03. The van der Waals surface area contributed by atoms with E-state index < -0.39 is 0 Å². The summed E-state index contributed by atoms with van der Waals surface area (Å²) in [7, 11) is 1.72. The fourth-order valence-electron chi connectivity index (χ4n) is 2.67. The molecule has 1 aromatic carbocycles. The molecule has 0 radical (unpaired) electrons. The molecule has 1 saturated carbocycles. The standard InChI is InChI=1S/C17H28N2O2/c1-21-13-10-18-14-15-6-8-17(9-7-15)19(11-3-12-20)16-4-2-5-16/h6-9,16,18,20H,2-5,10-14H2,1H3. The van der Waals surface area contributed by atoms with Gasteiger partial charge in [0.15, 0.2) is 0 Å². The van der Waals surface area contributed by atoms with Crippen LogP contribution in [0.1, 0.15) is 31.2 Å². The minimum Gasteiger partial charge on any atom is -0.396 e. The van der Waals surface area contributed by atoms with Gasteiger partial charge < -0.3 is 20.1 Å². The van der Waals surface area contributed by atoms with Crippen molar-refractivity contribution in [3.8, 4) is 0 Å². The third-order valence-corrected chi connectivity index (χ3v) is 4.15. The average Bonchev–Trinajstić information content (AvgIpc) is 2.47. The summed E-state index contributed by atoms with van der Waals surface area (Å²) >= 11 is 0. The molecule has 0 atom stereocenters. The summed E-state index contributed by atoms with van der Waals surface area (Å²) in [5.74, 6) is 0. The fourth-order valence-corrected chi connectivity index (χ4v) is 2.67. The van der Waals surface area contributed by atoms with E-state index >= 15 is 0 Å². The van der Waals surface area contributed by atoms with Crippen LogP contribution in [0.15, 0.2) is 24.3 Å². The molecule has 1 fully saturated rings. The van der Waals surface area contributed by atoms with Crippen LogP contribution in [-0.4, -0.2) is 44.6 Å². The van der Waals surface area contributed by atoms with Crippen LogP contribution < -0.4 is 10.2 Å². The molecule has 2 rings (SSSR count). The number of ether oxygens (including phenoxy) is 1. The fraction of sp³-hybridized carbons (Fsp3) is 0.647. The summed E-state index contributed by atoms with van der Waals surface area (Å²) < 4.78 is 5.02. The number of anilines is 1. The quantitative estimate of drug-likeness (QED) is 0.649. The van der Waals surface area contributed by atoms with Gasteiger partial charge in [-0.3, -0.25) is 0 Å². The van der Waals surface area contributed by atoms with Gasteiger partial charge in [0.05, 0.1) is 6.61 Å². The van der Waals surface area contributed by atoms with E-state index in [0.29, 0.717) is 6.04 Å². The van der Waals surface area contributed by atoms with E-state index in [9.17, 15) is 0 Å². The Morgan fingerprint density at radius 1 is 1.29 bits per heavy atom. The van der Waals surface area contributed by atoms with E-state index in [1.165, 1.54) is 30.5 Å². The third kappa shape index (κ3) is 4.99. The van der Waals surface area contributed by atoms with Gasteiger partial charge >= 0.3 is 0 Å². The van der Waals surface area contributed by atoms with Crippen molar-refractivity contribution in [3.63, 3.8) is 0 Å². The van der Waals surface area contributed by atoms with Gasteiger partial charge in [-0.25, -0.2) is 0 Å². The second-order valence-electron chi connectivity index (χ2n) is 5.69. The Labute approximate surface area is 128 Å². The lowest BCUT2D eigenvalue weighted by Crippen LogP contribution is -2.41. The van der Waals surface area contributed by atoms with Crippen LogP contribution in [-0.2, 0) is 11.3 Å².